The Bertz CT molecular complexity index is 310. The smallest absolute Gasteiger partial charge is 0.181 e. The van der Waals surface area contributed by atoms with Gasteiger partial charge in [0.05, 0.1) is 0 Å². The highest BCUT2D eigenvalue weighted by Gasteiger charge is 2.06. The average molecular weight is 256 g/mol. The Morgan fingerprint density at radius 3 is 2.35 bits per heavy atom. The first-order valence-electron chi connectivity index (χ1n) is 6.71. The lowest BCUT2D eigenvalue weighted by Gasteiger charge is -2.03. The van der Waals surface area contributed by atoms with E-state index < -0.39 is 0 Å². The van der Waals surface area contributed by atoms with Crippen molar-refractivity contribution < 1.29 is 17.0 Å². The molecule has 0 aliphatic heterocycles. The van der Waals surface area contributed by atoms with Gasteiger partial charge in [-0.25, -0.2) is 4.57 Å². The van der Waals surface area contributed by atoms with Gasteiger partial charge in [-0.1, -0.05) is 32.6 Å². The van der Waals surface area contributed by atoms with Crippen molar-refractivity contribution in [1.29, 1.82) is 0 Å². The van der Waals surface area contributed by atoms with E-state index in [0.29, 0.717) is 0 Å². The van der Waals surface area contributed by atoms with Crippen LogP contribution in [0, 0.1) is 13.8 Å². The Labute approximate surface area is 113 Å². The second kappa shape index (κ2) is 9.47. The normalized spacial score (nSPS) is 10.1. The Morgan fingerprint density at radius 1 is 1.00 bits per heavy atom. The largest absolute Gasteiger partial charge is 1.00 e. The summed E-state index contributed by atoms with van der Waals surface area (Å²) >= 11 is 0. The van der Waals surface area contributed by atoms with Crippen LogP contribution in [-0.2, 0) is 6.54 Å². The molecular formula is C15H26ClN. The number of aromatic nitrogens is 1. The molecule has 0 amide bonds. The van der Waals surface area contributed by atoms with Crippen LogP contribution in [0.25, 0.3) is 0 Å². The van der Waals surface area contributed by atoms with Gasteiger partial charge in [0, 0.05) is 25.0 Å². The first-order chi connectivity index (χ1) is 7.75. The number of aryl methyl sites for hydroxylation is 2. The molecule has 0 atom stereocenters. The first kappa shape index (κ1) is 16.4. The van der Waals surface area contributed by atoms with E-state index in [2.05, 4.69) is 43.7 Å². The molecule has 0 radical (unpaired) electrons. The van der Waals surface area contributed by atoms with Gasteiger partial charge in [-0.15, -0.1) is 0 Å². The van der Waals surface area contributed by atoms with Crippen LogP contribution in [-0.4, -0.2) is 0 Å². The van der Waals surface area contributed by atoms with E-state index in [1.165, 1.54) is 56.3 Å². The Kier molecular flexibility index (Phi) is 9.16. The van der Waals surface area contributed by atoms with Crippen molar-refractivity contribution in [3.8, 4) is 0 Å². The second-order valence-corrected chi connectivity index (χ2v) is 4.74. The van der Waals surface area contributed by atoms with Crippen molar-refractivity contribution in [1.82, 2.24) is 0 Å². The van der Waals surface area contributed by atoms with Crippen molar-refractivity contribution in [3.63, 3.8) is 0 Å². The molecule has 1 aromatic rings. The first-order valence-corrected chi connectivity index (χ1v) is 6.71. The van der Waals surface area contributed by atoms with Crippen LogP contribution in [0.3, 0.4) is 0 Å². The second-order valence-electron chi connectivity index (χ2n) is 4.74. The summed E-state index contributed by atoms with van der Waals surface area (Å²) in [5.74, 6) is 0. The summed E-state index contributed by atoms with van der Waals surface area (Å²) < 4.78 is 2.38. The molecule has 98 valence electrons. The van der Waals surface area contributed by atoms with Crippen molar-refractivity contribution in [2.45, 2.75) is 65.8 Å². The van der Waals surface area contributed by atoms with Crippen LogP contribution < -0.4 is 17.0 Å². The number of nitrogens with zero attached hydrogens (tertiary/aromatic N) is 1. The van der Waals surface area contributed by atoms with Gasteiger partial charge >= 0.3 is 0 Å². The average Bonchev–Trinajstić information content (AvgIpc) is 2.29. The Hall–Kier alpha value is -0.560. The maximum absolute atomic E-state index is 2.38. The fourth-order valence-electron chi connectivity index (χ4n) is 2.05. The van der Waals surface area contributed by atoms with Crippen molar-refractivity contribution in [3.05, 3.63) is 29.6 Å². The lowest BCUT2D eigenvalue weighted by Crippen LogP contribution is -3.00. The molecule has 1 aromatic heterocycles. The topological polar surface area (TPSA) is 3.88 Å². The molecule has 0 N–H and O–H groups in total. The third-order valence-electron chi connectivity index (χ3n) is 3.37. The number of rotatable bonds is 7. The lowest BCUT2D eigenvalue weighted by atomic mass is 10.1. The fraction of sp³-hybridized carbons (Fsp3) is 0.667. The molecule has 0 aromatic carbocycles. The van der Waals surface area contributed by atoms with Gasteiger partial charge in [0.15, 0.2) is 11.9 Å². The van der Waals surface area contributed by atoms with E-state index in [1.807, 2.05) is 0 Å². The quantitative estimate of drug-likeness (QED) is 0.505. The van der Waals surface area contributed by atoms with Gasteiger partial charge in [-0.3, -0.25) is 0 Å². The zero-order valence-electron chi connectivity index (χ0n) is 11.5. The highest BCUT2D eigenvalue weighted by Crippen LogP contribution is 2.05. The summed E-state index contributed by atoms with van der Waals surface area (Å²) in [5.41, 5.74) is 2.81. The van der Waals surface area contributed by atoms with Crippen molar-refractivity contribution in [2.75, 3.05) is 0 Å². The molecule has 0 fully saturated rings. The maximum atomic E-state index is 2.38. The van der Waals surface area contributed by atoms with Crippen LogP contribution >= 0.6 is 0 Å². The van der Waals surface area contributed by atoms with E-state index in [9.17, 15) is 0 Å². The van der Waals surface area contributed by atoms with Gasteiger partial charge in [-0.05, 0) is 19.4 Å². The molecule has 1 nitrogen and oxygen atoms in total. The number of unbranched alkanes of at least 4 members (excludes halogenated alkanes) is 5. The summed E-state index contributed by atoms with van der Waals surface area (Å²) in [6.45, 7) is 7.85. The molecule has 0 saturated carbocycles. The van der Waals surface area contributed by atoms with E-state index >= 15 is 0 Å². The minimum atomic E-state index is 0. The summed E-state index contributed by atoms with van der Waals surface area (Å²) in [5, 5.41) is 0. The monoisotopic (exact) mass is 255 g/mol. The zero-order chi connectivity index (χ0) is 11.8. The predicted molar refractivity (Wildman–Crippen MR) is 69.5 cm³/mol. The Morgan fingerprint density at radius 2 is 1.65 bits per heavy atom. The zero-order valence-corrected chi connectivity index (χ0v) is 12.3. The van der Waals surface area contributed by atoms with E-state index in [-0.39, 0.29) is 12.4 Å². The van der Waals surface area contributed by atoms with Gasteiger partial charge in [0.25, 0.3) is 0 Å². The van der Waals surface area contributed by atoms with Gasteiger partial charge in [0.2, 0.25) is 0 Å². The third-order valence-corrected chi connectivity index (χ3v) is 3.37. The Balaban J connectivity index is 0.00000256. The molecule has 0 aliphatic rings. The minimum Gasteiger partial charge on any atom is -1.00 e. The van der Waals surface area contributed by atoms with Gasteiger partial charge < -0.3 is 12.4 Å². The summed E-state index contributed by atoms with van der Waals surface area (Å²) in [6.07, 6.45) is 10.4. The maximum Gasteiger partial charge on any atom is 0.181 e. The van der Waals surface area contributed by atoms with Gasteiger partial charge in [-0.2, -0.15) is 0 Å². The number of pyridine rings is 1. The van der Waals surface area contributed by atoms with E-state index in [0.717, 1.165) is 0 Å². The summed E-state index contributed by atoms with van der Waals surface area (Å²) in [6, 6.07) is 4.34. The summed E-state index contributed by atoms with van der Waals surface area (Å²) in [4.78, 5) is 0. The van der Waals surface area contributed by atoms with Crippen molar-refractivity contribution >= 4 is 0 Å². The third kappa shape index (κ3) is 6.07. The standard InChI is InChI=1S/C15H26N.ClH/c1-4-5-6-7-8-9-12-16-13-10-11-14(2)15(16)3;/h10-11,13H,4-9,12H2,1-3H3;1H/q+1;/p-1. The van der Waals surface area contributed by atoms with E-state index in [1.54, 1.807) is 0 Å². The molecule has 2 heteroatoms. The molecule has 0 spiro atoms. The fourth-order valence-corrected chi connectivity index (χ4v) is 2.05. The number of hydrogen-bond acceptors (Lipinski definition) is 0. The number of hydrogen-bond donors (Lipinski definition) is 0. The highest BCUT2D eigenvalue weighted by molar-refractivity contribution is 5.10. The van der Waals surface area contributed by atoms with Crippen LogP contribution in [0.5, 0.6) is 0 Å². The lowest BCUT2D eigenvalue weighted by molar-refractivity contribution is -0.703. The molecule has 0 bridgehead atoms. The molecule has 0 unspecified atom stereocenters. The van der Waals surface area contributed by atoms with Gasteiger partial charge in [0.1, 0.15) is 6.54 Å². The molecule has 1 rings (SSSR count). The van der Waals surface area contributed by atoms with Crippen LogP contribution in [0.4, 0.5) is 0 Å². The summed E-state index contributed by atoms with van der Waals surface area (Å²) in [7, 11) is 0. The van der Waals surface area contributed by atoms with Crippen LogP contribution in [0.15, 0.2) is 18.3 Å². The van der Waals surface area contributed by atoms with E-state index in [4.69, 9.17) is 0 Å². The molecular weight excluding hydrogens is 230 g/mol. The molecule has 0 aliphatic carbocycles. The number of halogens is 1. The SMILES string of the molecule is CCCCCCCC[n+]1cccc(C)c1C.[Cl-]. The predicted octanol–water partition coefficient (Wildman–Crippen LogP) is 0.955. The minimum absolute atomic E-state index is 0. The van der Waals surface area contributed by atoms with Crippen LogP contribution in [0.1, 0.15) is 56.7 Å². The molecule has 0 saturated heterocycles. The van der Waals surface area contributed by atoms with Crippen molar-refractivity contribution in [2.24, 2.45) is 0 Å². The highest BCUT2D eigenvalue weighted by atomic mass is 35.5. The molecule has 1 heterocycles. The van der Waals surface area contributed by atoms with Crippen LogP contribution in [0.2, 0.25) is 0 Å². The molecule has 17 heavy (non-hydrogen) atoms.